The smallest absolute Gasteiger partial charge is 0.190 e. The van der Waals surface area contributed by atoms with Crippen molar-refractivity contribution in [2.45, 2.75) is 39.7 Å². The highest BCUT2D eigenvalue weighted by atomic mass is 127. The molecular formula is C21H31IN6. The highest BCUT2D eigenvalue weighted by molar-refractivity contribution is 14.0. The molecule has 3 rings (SSSR count). The maximum atomic E-state index is 4.31. The van der Waals surface area contributed by atoms with Gasteiger partial charge in [0.2, 0.25) is 0 Å². The number of hydrogen-bond donors (Lipinski definition) is 3. The van der Waals surface area contributed by atoms with Crippen LogP contribution in [0.4, 0.5) is 0 Å². The number of imidazole rings is 1. The van der Waals surface area contributed by atoms with Crippen LogP contribution < -0.4 is 10.6 Å². The molecule has 0 bridgehead atoms. The van der Waals surface area contributed by atoms with Gasteiger partial charge in [0.15, 0.2) is 5.96 Å². The molecule has 0 aliphatic rings. The van der Waals surface area contributed by atoms with Crippen LogP contribution in [0.2, 0.25) is 0 Å². The molecule has 0 saturated carbocycles. The molecule has 3 aromatic rings. The van der Waals surface area contributed by atoms with Crippen LogP contribution in [0, 0.1) is 13.8 Å². The highest BCUT2D eigenvalue weighted by Crippen LogP contribution is 2.19. The second-order valence-corrected chi connectivity index (χ2v) is 6.91. The van der Waals surface area contributed by atoms with E-state index in [1.54, 1.807) is 0 Å². The Morgan fingerprint density at radius 3 is 2.75 bits per heavy atom. The van der Waals surface area contributed by atoms with Crippen molar-refractivity contribution in [3.63, 3.8) is 0 Å². The van der Waals surface area contributed by atoms with E-state index in [2.05, 4.69) is 61.5 Å². The van der Waals surface area contributed by atoms with Crippen LogP contribution >= 0.6 is 24.0 Å². The summed E-state index contributed by atoms with van der Waals surface area (Å²) >= 11 is 0. The fraction of sp³-hybridized carbons (Fsp3) is 0.429. The van der Waals surface area contributed by atoms with Crippen molar-refractivity contribution in [1.82, 2.24) is 25.2 Å². The van der Waals surface area contributed by atoms with E-state index in [1.807, 2.05) is 26.4 Å². The summed E-state index contributed by atoms with van der Waals surface area (Å²) in [7, 11) is 1.82. The zero-order chi connectivity index (χ0) is 19.1. The number of nitrogens with one attached hydrogen (secondary N) is 3. The van der Waals surface area contributed by atoms with E-state index in [0.29, 0.717) is 0 Å². The van der Waals surface area contributed by atoms with Gasteiger partial charge in [-0.25, -0.2) is 4.98 Å². The second-order valence-electron chi connectivity index (χ2n) is 6.91. The van der Waals surface area contributed by atoms with Crippen molar-refractivity contribution < 1.29 is 0 Å². The molecule has 0 amide bonds. The van der Waals surface area contributed by atoms with Gasteiger partial charge < -0.3 is 20.2 Å². The number of halogens is 1. The third-order valence-corrected chi connectivity index (χ3v) is 4.88. The standard InChI is InChI=1S/C21H30N6.HI/c1-16-6-7-19-18(15-26-20(19)14-16)8-10-25-21(22-3)24-9-4-5-12-27-13-11-23-17(27)2;/h6-7,11,13-15,26H,4-5,8-10,12H2,1-3H3,(H2,22,24,25);1H. The van der Waals surface area contributed by atoms with Crippen molar-refractivity contribution >= 4 is 40.8 Å². The van der Waals surface area contributed by atoms with Gasteiger partial charge in [0.05, 0.1) is 0 Å². The van der Waals surface area contributed by atoms with Crippen LogP contribution in [0.3, 0.4) is 0 Å². The van der Waals surface area contributed by atoms with Crippen LogP contribution in [-0.2, 0) is 13.0 Å². The number of aliphatic imine (C=N–C) groups is 1. The quantitative estimate of drug-likeness (QED) is 0.193. The number of unbranched alkanes of at least 4 members (excludes halogenated alkanes) is 1. The largest absolute Gasteiger partial charge is 0.361 e. The minimum atomic E-state index is 0. The number of rotatable bonds is 8. The fourth-order valence-electron chi connectivity index (χ4n) is 3.30. The molecule has 0 aliphatic carbocycles. The number of aromatic amines is 1. The number of hydrogen-bond acceptors (Lipinski definition) is 2. The minimum Gasteiger partial charge on any atom is -0.361 e. The van der Waals surface area contributed by atoms with Crippen LogP contribution in [0.15, 0.2) is 41.8 Å². The Morgan fingerprint density at radius 2 is 2.00 bits per heavy atom. The molecule has 3 N–H and O–H groups in total. The molecule has 0 atom stereocenters. The molecule has 2 aromatic heterocycles. The molecule has 0 saturated heterocycles. The summed E-state index contributed by atoms with van der Waals surface area (Å²) in [6, 6.07) is 6.56. The first-order valence-corrected chi connectivity index (χ1v) is 9.66. The second kappa shape index (κ2) is 11.1. The molecule has 0 radical (unpaired) electrons. The fourth-order valence-corrected chi connectivity index (χ4v) is 3.30. The summed E-state index contributed by atoms with van der Waals surface area (Å²) < 4.78 is 2.19. The van der Waals surface area contributed by atoms with Gasteiger partial charge in [0.25, 0.3) is 0 Å². The molecule has 0 aliphatic heterocycles. The Balaban J connectivity index is 0.00000280. The van der Waals surface area contributed by atoms with Gasteiger partial charge in [0, 0.05) is 56.2 Å². The average Bonchev–Trinajstić information content (AvgIpc) is 3.25. The van der Waals surface area contributed by atoms with Gasteiger partial charge in [-0.05, 0) is 50.3 Å². The Kier molecular flexibility index (Phi) is 8.82. The number of guanidine groups is 1. The van der Waals surface area contributed by atoms with Crippen LogP contribution in [0.25, 0.3) is 10.9 Å². The Bertz CT molecular complexity index is 895. The monoisotopic (exact) mass is 494 g/mol. The van der Waals surface area contributed by atoms with E-state index >= 15 is 0 Å². The molecule has 1 aromatic carbocycles. The molecule has 2 heterocycles. The molecule has 0 spiro atoms. The third-order valence-electron chi connectivity index (χ3n) is 4.88. The summed E-state index contributed by atoms with van der Waals surface area (Å²) in [6.07, 6.45) is 9.18. The lowest BCUT2D eigenvalue weighted by molar-refractivity contribution is 0.588. The van der Waals surface area contributed by atoms with E-state index < -0.39 is 0 Å². The van der Waals surface area contributed by atoms with Gasteiger partial charge in [-0.1, -0.05) is 12.1 Å². The van der Waals surface area contributed by atoms with Gasteiger partial charge in [-0.3, -0.25) is 4.99 Å². The van der Waals surface area contributed by atoms with E-state index in [9.17, 15) is 0 Å². The number of aromatic nitrogens is 3. The number of fused-ring (bicyclic) bond motifs is 1. The predicted molar refractivity (Wildman–Crippen MR) is 128 cm³/mol. The number of benzene rings is 1. The molecule has 6 nitrogen and oxygen atoms in total. The van der Waals surface area contributed by atoms with E-state index in [4.69, 9.17) is 0 Å². The molecule has 7 heteroatoms. The maximum Gasteiger partial charge on any atom is 0.190 e. The molecular weight excluding hydrogens is 463 g/mol. The number of aryl methyl sites for hydroxylation is 3. The van der Waals surface area contributed by atoms with Crippen molar-refractivity contribution in [3.05, 3.63) is 53.7 Å². The maximum absolute atomic E-state index is 4.31. The van der Waals surface area contributed by atoms with E-state index in [-0.39, 0.29) is 24.0 Å². The summed E-state index contributed by atoms with van der Waals surface area (Å²) in [4.78, 5) is 11.9. The van der Waals surface area contributed by atoms with Crippen molar-refractivity contribution in [1.29, 1.82) is 0 Å². The highest BCUT2D eigenvalue weighted by Gasteiger charge is 2.04. The zero-order valence-corrected chi connectivity index (χ0v) is 19.3. The van der Waals surface area contributed by atoms with Crippen molar-refractivity contribution in [2.24, 2.45) is 4.99 Å². The summed E-state index contributed by atoms with van der Waals surface area (Å²) in [5.74, 6) is 1.94. The van der Waals surface area contributed by atoms with E-state index in [0.717, 1.165) is 50.7 Å². The van der Waals surface area contributed by atoms with Gasteiger partial charge in [0.1, 0.15) is 5.82 Å². The first-order valence-electron chi connectivity index (χ1n) is 9.66. The minimum absolute atomic E-state index is 0. The Morgan fingerprint density at radius 1 is 1.18 bits per heavy atom. The number of nitrogens with zero attached hydrogens (tertiary/aromatic N) is 3. The van der Waals surface area contributed by atoms with E-state index in [1.165, 1.54) is 22.0 Å². The Labute approximate surface area is 184 Å². The SMILES string of the molecule is CN=C(NCCCCn1ccnc1C)NCCc1c[nH]c2cc(C)ccc12.I. The zero-order valence-electron chi connectivity index (χ0n) is 17.0. The average molecular weight is 494 g/mol. The lowest BCUT2D eigenvalue weighted by Gasteiger charge is -2.12. The summed E-state index contributed by atoms with van der Waals surface area (Å²) in [5, 5.41) is 8.11. The van der Waals surface area contributed by atoms with Crippen molar-refractivity contribution in [2.75, 3.05) is 20.1 Å². The molecule has 0 fully saturated rings. The molecule has 28 heavy (non-hydrogen) atoms. The first kappa shape index (κ1) is 22.3. The van der Waals surface area contributed by atoms with Gasteiger partial charge in [-0.2, -0.15) is 0 Å². The van der Waals surface area contributed by atoms with Gasteiger partial charge >= 0.3 is 0 Å². The van der Waals surface area contributed by atoms with Gasteiger partial charge in [-0.15, -0.1) is 24.0 Å². The lowest BCUT2D eigenvalue weighted by atomic mass is 10.1. The molecule has 152 valence electrons. The Hall–Kier alpha value is -2.03. The summed E-state index contributed by atoms with van der Waals surface area (Å²) in [6.45, 7) is 6.95. The predicted octanol–water partition coefficient (Wildman–Crippen LogP) is 3.79. The first-order chi connectivity index (χ1) is 13.2. The lowest BCUT2D eigenvalue weighted by Crippen LogP contribution is -2.38. The third kappa shape index (κ3) is 5.98. The summed E-state index contributed by atoms with van der Waals surface area (Å²) in [5.41, 5.74) is 3.83. The van der Waals surface area contributed by atoms with Crippen LogP contribution in [0.5, 0.6) is 0 Å². The normalized spacial score (nSPS) is 11.5. The van der Waals surface area contributed by atoms with Crippen molar-refractivity contribution in [3.8, 4) is 0 Å². The molecule has 0 unspecified atom stereocenters. The topological polar surface area (TPSA) is 70.0 Å². The number of H-pyrrole nitrogens is 1. The van der Waals surface area contributed by atoms with Crippen LogP contribution in [0.1, 0.15) is 29.8 Å². The van der Waals surface area contributed by atoms with Crippen LogP contribution in [-0.4, -0.2) is 40.6 Å².